The molecule has 2 aliphatic rings. The molecule has 2 amide bonds. The quantitative estimate of drug-likeness (QED) is 0.726. The summed E-state index contributed by atoms with van der Waals surface area (Å²) in [6.45, 7) is 1.28. The number of carbonyl (C=O) groups excluding carboxylic acids is 2. The van der Waals surface area contributed by atoms with E-state index in [9.17, 15) is 9.59 Å². The van der Waals surface area contributed by atoms with Crippen LogP contribution in [0.2, 0.25) is 0 Å². The zero-order valence-electron chi connectivity index (χ0n) is 15.3. The molecule has 0 saturated heterocycles. The number of hydrogen-bond acceptors (Lipinski definition) is 4. The molecule has 0 aliphatic carbocycles. The standard InChI is InChI=1S/C20H19N5O3/c1-24-12(10-25-8-4-6-15(25)20(24)27)9-21-19(26)18-14-11-28-16-7-3-2-5-13(16)17(14)22-23-18/h2-8,12H,9-11H2,1H3,(H,21,26)(H,22,23). The Kier molecular flexibility index (Phi) is 3.71. The fourth-order valence-electron chi connectivity index (χ4n) is 3.82. The van der Waals surface area contributed by atoms with Gasteiger partial charge in [-0.25, -0.2) is 0 Å². The van der Waals surface area contributed by atoms with Gasteiger partial charge in [-0.3, -0.25) is 14.7 Å². The Morgan fingerprint density at radius 1 is 1.32 bits per heavy atom. The molecule has 0 fully saturated rings. The second kappa shape index (κ2) is 6.26. The number of likely N-dealkylation sites (N-methyl/N-ethyl adjacent to an activating group) is 1. The van der Waals surface area contributed by atoms with Crippen LogP contribution in [0, 0.1) is 0 Å². The largest absolute Gasteiger partial charge is 0.488 e. The first kappa shape index (κ1) is 16.6. The lowest BCUT2D eigenvalue weighted by molar-refractivity contribution is 0.0645. The topological polar surface area (TPSA) is 92.2 Å². The number of rotatable bonds is 3. The SMILES string of the molecule is CN1C(=O)c2cccn2CC1CNC(=O)c1[nH]nc2c1COc1ccccc1-2. The summed E-state index contributed by atoms with van der Waals surface area (Å²) in [4.78, 5) is 26.9. The van der Waals surface area contributed by atoms with Crippen molar-refractivity contribution >= 4 is 11.8 Å². The summed E-state index contributed by atoms with van der Waals surface area (Å²) < 4.78 is 7.68. The van der Waals surface area contributed by atoms with E-state index in [0.29, 0.717) is 31.1 Å². The summed E-state index contributed by atoms with van der Waals surface area (Å²) >= 11 is 0. The highest BCUT2D eigenvalue weighted by molar-refractivity contribution is 5.96. The number of aromatic amines is 1. The number of amides is 2. The van der Waals surface area contributed by atoms with Crippen LogP contribution in [0.1, 0.15) is 26.5 Å². The van der Waals surface area contributed by atoms with Crippen LogP contribution in [0.5, 0.6) is 5.75 Å². The minimum Gasteiger partial charge on any atom is -0.488 e. The Balaban J connectivity index is 1.33. The van der Waals surface area contributed by atoms with Crippen LogP contribution < -0.4 is 10.1 Å². The van der Waals surface area contributed by atoms with Crippen LogP contribution >= 0.6 is 0 Å². The molecule has 8 heteroatoms. The first-order valence-corrected chi connectivity index (χ1v) is 9.13. The lowest BCUT2D eigenvalue weighted by Crippen LogP contribution is -2.50. The van der Waals surface area contributed by atoms with Crippen molar-refractivity contribution in [3.8, 4) is 17.0 Å². The lowest BCUT2D eigenvalue weighted by Gasteiger charge is -2.33. The molecule has 8 nitrogen and oxygen atoms in total. The van der Waals surface area contributed by atoms with Gasteiger partial charge in [-0.1, -0.05) is 12.1 Å². The number of hydrogen-bond donors (Lipinski definition) is 2. The molecule has 1 atom stereocenters. The Morgan fingerprint density at radius 3 is 3.07 bits per heavy atom. The molecule has 0 bridgehead atoms. The van der Waals surface area contributed by atoms with Crippen molar-refractivity contribution in [1.29, 1.82) is 0 Å². The summed E-state index contributed by atoms with van der Waals surface area (Å²) in [5, 5.41) is 10.1. The van der Waals surface area contributed by atoms with Gasteiger partial charge in [-0.05, 0) is 24.3 Å². The summed E-state index contributed by atoms with van der Waals surface area (Å²) in [7, 11) is 1.76. The van der Waals surface area contributed by atoms with Crippen molar-refractivity contribution < 1.29 is 14.3 Å². The van der Waals surface area contributed by atoms with E-state index in [4.69, 9.17) is 4.74 Å². The third-order valence-corrected chi connectivity index (χ3v) is 5.43. The molecule has 3 aromatic rings. The Labute approximate surface area is 161 Å². The number of nitrogens with zero attached hydrogens (tertiary/aromatic N) is 3. The fourth-order valence-corrected chi connectivity index (χ4v) is 3.82. The van der Waals surface area contributed by atoms with E-state index in [2.05, 4.69) is 15.5 Å². The van der Waals surface area contributed by atoms with Crippen molar-refractivity contribution in [2.24, 2.45) is 0 Å². The number of para-hydroxylation sites is 1. The Bertz CT molecular complexity index is 1080. The van der Waals surface area contributed by atoms with E-state index in [1.54, 1.807) is 11.9 Å². The fraction of sp³-hybridized carbons (Fsp3) is 0.250. The minimum atomic E-state index is -0.254. The predicted molar refractivity (Wildman–Crippen MR) is 101 cm³/mol. The molecule has 0 saturated carbocycles. The van der Waals surface area contributed by atoms with Gasteiger partial charge in [0.05, 0.1) is 6.04 Å². The number of nitrogens with one attached hydrogen (secondary N) is 2. The summed E-state index contributed by atoms with van der Waals surface area (Å²) in [6, 6.07) is 11.2. The second-order valence-electron chi connectivity index (χ2n) is 7.04. The van der Waals surface area contributed by atoms with Crippen LogP contribution in [0.4, 0.5) is 0 Å². The molecular weight excluding hydrogens is 358 g/mol. The van der Waals surface area contributed by atoms with Crippen molar-refractivity contribution in [3.63, 3.8) is 0 Å². The van der Waals surface area contributed by atoms with Gasteiger partial charge in [-0.15, -0.1) is 0 Å². The van der Waals surface area contributed by atoms with Gasteiger partial charge < -0.3 is 19.5 Å². The number of carbonyl (C=O) groups is 2. The monoisotopic (exact) mass is 377 g/mol. The van der Waals surface area contributed by atoms with Gasteiger partial charge >= 0.3 is 0 Å². The maximum absolute atomic E-state index is 12.8. The molecule has 4 heterocycles. The van der Waals surface area contributed by atoms with Gasteiger partial charge in [-0.2, -0.15) is 5.10 Å². The highest BCUT2D eigenvalue weighted by Crippen LogP contribution is 2.36. The second-order valence-corrected chi connectivity index (χ2v) is 7.04. The molecule has 28 heavy (non-hydrogen) atoms. The van der Waals surface area contributed by atoms with Crippen molar-refractivity contribution in [2.75, 3.05) is 13.6 Å². The third-order valence-electron chi connectivity index (χ3n) is 5.43. The van der Waals surface area contributed by atoms with Crippen LogP contribution in [0.25, 0.3) is 11.3 Å². The summed E-state index contributed by atoms with van der Waals surface area (Å²) in [6.07, 6.45) is 1.88. The number of fused-ring (bicyclic) bond motifs is 4. The predicted octanol–water partition coefficient (Wildman–Crippen LogP) is 1.65. The minimum absolute atomic E-state index is 0.0422. The molecule has 0 radical (unpaired) electrons. The Hall–Kier alpha value is -3.55. The highest BCUT2D eigenvalue weighted by atomic mass is 16.5. The van der Waals surface area contributed by atoms with Gasteiger partial charge in [0.2, 0.25) is 0 Å². The van der Waals surface area contributed by atoms with Gasteiger partial charge in [0.1, 0.15) is 29.4 Å². The van der Waals surface area contributed by atoms with E-state index in [1.165, 1.54) is 0 Å². The van der Waals surface area contributed by atoms with Crippen molar-refractivity contribution in [2.45, 2.75) is 19.2 Å². The molecule has 1 aromatic carbocycles. The molecule has 1 unspecified atom stereocenters. The maximum Gasteiger partial charge on any atom is 0.270 e. The smallest absolute Gasteiger partial charge is 0.270 e. The number of H-pyrrole nitrogens is 1. The molecule has 0 spiro atoms. The molecule has 142 valence electrons. The van der Waals surface area contributed by atoms with Gasteiger partial charge in [0.25, 0.3) is 11.8 Å². The van der Waals surface area contributed by atoms with Gasteiger partial charge in [0, 0.05) is 37.5 Å². The molecule has 5 rings (SSSR count). The van der Waals surface area contributed by atoms with Crippen LogP contribution in [0.15, 0.2) is 42.6 Å². The number of benzene rings is 1. The number of aromatic nitrogens is 3. The molecular formula is C20H19N5O3. The summed E-state index contributed by atoms with van der Waals surface area (Å²) in [5.41, 5.74) is 3.43. The van der Waals surface area contributed by atoms with E-state index in [-0.39, 0.29) is 17.9 Å². The van der Waals surface area contributed by atoms with E-state index >= 15 is 0 Å². The normalized spacial score (nSPS) is 17.4. The van der Waals surface area contributed by atoms with Crippen molar-refractivity contribution in [3.05, 3.63) is 59.5 Å². The Morgan fingerprint density at radius 2 is 2.18 bits per heavy atom. The van der Waals surface area contributed by atoms with E-state index < -0.39 is 0 Å². The first-order valence-electron chi connectivity index (χ1n) is 9.13. The zero-order valence-corrected chi connectivity index (χ0v) is 15.3. The number of ether oxygens (including phenoxy) is 1. The van der Waals surface area contributed by atoms with E-state index in [0.717, 1.165) is 22.6 Å². The average Bonchev–Trinajstić information content (AvgIpc) is 3.36. The van der Waals surface area contributed by atoms with Crippen LogP contribution in [-0.2, 0) is 13.2 Å². The van der Waals surface area contributed by atoms with Crippen LogP contribution in [-0.4, -0.2) is 51.1 Å². The van der Waals surface area contributed by atoms with Crippen LogP contribution in [0.3, 0.4) is 0 Å². The van der Waals surface area contributed by atoms with Crippen molar-refractivity contribution in [1.82, 2.24) is 25.0 Å². The molecule has 2 N–H and O–H groups in total. The third kappa shape index (κ3) is 2.49. The zero-order chi connectivity index (χ0) is 19.3. The van der Waals surface area contributed by atoms with Gasteiger partial charge in [0.15, 0.2) is 0 Å². The molecule has 2 aromatic heterocycles. The molecule has 2 aliphatic heterocycles. The average molecular weight is 377 g/mol. The lowest BCUT2D eigenvalue weighted by atomic mass is 10.0. The maximum atomic E-state index is 12.8. The van der Waals surface area contributed by atoms with E-state index in [1.807, 2.05) is 47.2 Å². The highest BCUT2D eigenvalue weighted by Gasteiger charge is 2.31. The first-order chi connectivity index (χ1) is 13.6. The summed E-state index contributed by atoms with van der Waals surface area (Å²) in [5.74, 6) is 0.466.